The summed E-state index contributed by atoms with van der Waals surface area (Å²) < 4.78 is 39.2. The molecule has 0 unspecified atom stereocenters. The van der Waals surface area contributed by atoms with E-state index in [9.17, 15) is 13.2 Å². The number of sulfonamides is 1. The van der Waals surface area contributed by atoms with Gasteiger partial charge in [-0.25, -0.2) is 23.2 Å². The normalized spacial score (nSPS) is 19.2. The van der Waals surface area contributed by atoms with Gasteiger partial charge in [0.05, 0.1) is 35.1 Å². The third-order valence-corrected chi connectivity index (χ3v) is 7.89. The summed E-state index contributed by atoms with van der Waals surface area (Å²) in [5.41, 5.74) is 2.81. The molecule has 0 saturated carbocycles. The van der Waals surface area contributed by atoms with E-state index in [4.69, 9.17) is 9.47 Å². The number of piperidine rings is 1. The smallest absolute Gasteiger partial charge is 0.338 e. The maximum atomic E-state index is 13.5. The van der Waals surface area contributed by atoms with Crippen LogP contribution in [0.4, 0.5) is 0 Å². The molecule has 34 heavy (non-hydrogen) atoms. The largest absolute Gasteiger partial charge is 0.495 e. The SMILES string of the molecule is COc1ccc(C(=O)OCc2nc3ccccc3nc2C)cc1S(=O)(=O)N1C[C@@H](C)C[C@H](C)C1. The number of rotatable bonds is 6. The highest BCUT2D eigenvalue weighted by Gasteiger charge is 2.34. The number of aromatic nitrogens is 2. The Morgan fingerprint density at radius 3 is 2.35 bits per heavy atom. The van der Waals surface area contributed by atoms with Crippen LogP contribution < -0.4 is 4.74 Å². The fourth-order valence-corrected chi connectivity index (χ4v) is 6.29. The first-order valence-corrected chi connectivity index (χ1v) is 12.7. The van der Waals surface area contributed by atoms with Crippen LogP contribution in [0.3, 0.4) is 0 Å². The second kappa shape index (κ2) is 9.68. The number of hydrogen-bond donors (Lipinski definition) is 0. The lowest BCUT2D eigenvalue weighted by Gasteiger charge is -2.34. The van der Waals surface area contributed by atoms with Crippen molar-refractivity contribution < 1.29 is 22.7 Å². The van der Waals surface area contributed by atoms with Gasteiger partial charge in [-0.2, -0.15) is 4.31 Å². The average Bonchev–Trinajstić information content (AvgIpc) is 2.81. The van der Waals surface area contributed by atoms with Crippen molar-refractivity contribution in [2.24, 2.45) is 11.8 Å². The van der Waals surface area contributed by atoms with Crippen LogP contribution in [0, 0.1) is 18.8 Å². The predicted molar refractivity (Wildman–Crippen MR) is 128 cm³/mol. The summed E-state index contributed by atoms with van der Waals surface area (Å²) in [6, 6.07) is 11.8. The summed E-state index contributed by atoms with van der Waals surface area (Å²) >= 11 is 0. The van der Waals surface area contributed by atoms with E-state index < -0.39 is 16.0 Å². The number of esters is 1. The summed E-state index contributed by atoms with van der Waals surface area (Å²) in [6.07, 6.45) is 0.979. The molecule has 0 N–H and O–H groups in total. The second-order valence-corrected chi connectivity index (χ2v) is 10.9. The Labute approximate surface area is 200 Å². The van der Waals surface area contributed by atoms with Gasteiger partial charge in [-0.15, -0.1) is 0 Å². The van der Waals surface area contributed by atoms with Gasteiger partial charge in [0.1, 0.15) is 17.3 Å². The molecule has 9 heteroatoms. The van der Waals surface area contributed by atoms with Gasteiger partial charge >= 0.3 is 5.97 Å². The molecule has 4 rings (SSSR count). The van der Waals surface area contributed by atoms with E-state index in [1.807, 2.05) is 38.1 Å². The van der Waals surface area contributed by atoms with Crippen molar-refractivity contribution in [1.82, 2.24) is 14.3 Å². The van der Waals surface area contributed by atoms with Gasteiger partial charge in [-0.1, -0.05) is 26.0 Å². The molecule has 0 radical (unpaired) electrons. The zero-order chi connectivity index (χ0) is 24.5. The molecule has 1 saturated heterocycles. The summed E-state index contributed by atoms with van der Waals surface area (Å²) in [5, 5.41) is 0. The van der Waals surface area contributed by atoms with Gasteiger partial charge in [-0.3, -0.25) is 0 Å². The molecular weight excluding hydrogens is 454 g/mol. The molecule has 1 aliphatic heterocycles. The first-order chi connectivity index (χ1) is 16.2. The van der Waals surface area contributed by atoms with Crippen LogP contribution in [-0.2, 0) is 21.4 Å². The first-order valence-electron chi connectivity index (χ1n) is 11.3. The first kappa shape index (κ1) is 24.1. The highest BCUT2D eigenvalue weighted by atomic mass is 32.2. The number of para-hydroxylation sites is 2. The lowest BCUT2D eigenvalue weighted by Crippen LogP contribution is -2.42. The molecule has 2 heterocycles. The minimum atomic E-state index is -3.85. The molecule has 2 atom stereocenters. The van der Waals surface area contributed by atoms with E-state index in [0.29, 0.717) is 30.0 Å². The molecule has 1 aliphatic rings. The van der Waals surface area contributed by atoms with Crippen LogP contribution in [0.5, 0.6) is 5.75 Å². The monoisotopic (exact) mass is 483 g/mol. The number of carbonyl (C=O) groups is 1. The van der Waals surface area contributed by atoms with Gasteiger partial charge < -0.3 is 9.47 Å². The van der Waals surface area contributed by atoms with Crippen LogP contribution in [-0.4, -0.2) is 48.9 Å². The van der Waals surface area contributed by atoms with E-state index in [0.717, 1.165) is 11.9 Å². The molecular formula is C25H29N3O5S. The van der Waals surface area contributed by atoms with E-state index in [2.05, 4.69) is 9.97 Å². The Morgan fingerprint density at radius 2 is 1.71 bits per heavy atom. The molecule has 3 aromatic rings. The third-order valence-electron chi connectivity index (χ3n) is 6.04. The molecule has 0 spiro atoms. The van der Waals surface area contributed by atoms with Gasteiger partial charge in [0.2, 0.25) is 10.0 Å². The van der Waals surface area contributed by atoms with Crippen LogP contribution in [0.2, 0.25) is 0 Å². The molecule has 2 aromatic carbocycles. The van der Waals surface area contributed by atoms with Gasteiger partial charge in [0.15, 0.2) is 0 Å². The van der Waals surface area contributed by atoms with Crippen molar-refractivity contribution in [2.45, 2.75) is 38.7 Å². The minimum absolute atomic E-state index is 0.0348. The van der Waals surface area contributed by atoms with Crippen molar-refractivity contribution >= 4 is 27.0 Å². The Bertz CT molecular complexity index is 1320. The van der Waals surface area contributed by atoms with Crippen LogP contribution >= 0.6 is 0 Å². The fraction of sp³-hybridized carbons (Fsp3) is 0.400. The zero-order valence-corrected chi connectivity index (χ0v) is 20.6. The zero-order valence-electron chi connectivity index (χ0n) is 19.8. The fourth-order valence-electron chi connectivity index (χ4n) is 4.43. The van der Waals surface area contributed by atoms with Crippen LogP contribution in [0.25, 0.3) is 11.0 Å². The Balaban J connectivity index is 1.57. The average molecular weight is 484 g/mol. The van der Waals surface area contributed by atoms with Gasteiger partial charge in [0.25, 0.3) is 0 Å². The quantitative estimate of drug-likeness (QED) is 0.489. The second-order valence-electron chi connectivity index (χ2n) is 8.95. The number of nitrogens with zero attached hydrogens (tertiary/aromatic N) is 3. The van der Waals surface area contributed by atoms with E-state index in [1.165, 1.54) is 29.6 Å². The Kier molecular flexibility index (Phi) is 6.86. The van der Waals surface area contributed by atoms with Gasteiger partial charge in [0, 0.05) is 13.1 Å². The molecule has 0 amide bonds. The minimum Gasteiger partial charge on any atom is -0.495 e. The lowest BCUT2D eigenvalue weighted by atomic mass is 9.94. The topological polar surface area (TPSA) is 98.7 Å². The molecule has 1 aromatic heterocycles. The highest BCUT2D eigenvalue weighted by molar-refractivity contribution is 7.89. The maximum absolute atomic E-state index is 13.5. The molecule has 8 nitrogen and oxygen atoms in total. The Morgan fingerprint density at radius 1 is 1.06 bits per heavy atom. The lowest BCUT2D eigenvalue weighted by molar-refractivity contribution is 0.0466. The number of methoxy groups -OCH3 is 1. The van der Waals surface area contributed by atoms with Crippen LogP contribution in [0.15, 0.2) is 47.4 Å². The number of carbonyl (C=O) groups excluding carboxylic acids is 1. The Hall–Kier alpha value is -3.04. The number of fused-ring (bicyclic) bond motifs is 1. The maximum Gasteiger partial charge on any atom is 0.338 e. The van der Waals surface area contributed by atoms with Crippen molar-refractivity contribution in [3.63, 3.8) is 0 Å². The number of aryl methyl sites for hydroxylation is 1. The van der Waals surface area contributed by atoms with Gasteiger partial charge in [-0.05, 0) is 55.5 Å². The van der Waals surface area contributed by atoms with Crippen LogP contribution in [0.1, 0.15) is 42.0 Å². The molecule has 0 bridgehead atoms. The summed E-state index contributed by atoms with van der Waals surface area (Å²) in [5.74, 6) is 0.0560. The molecule has 0 aliphatic carbocycles. The number of ether oxygens (including phenoxy) is 2. The summed E-state index contributed by atoms with van der Waals surface area (Å²) in [6.45, 7) is 6.69. The third kappa shape index (κ3) is 4.90. The van der Waals surface area contributed by atoms with E-state index in [-0.39, 0.29) is 34.7 Å². The van der Waals surface area contributed by atoms with E-state index >= 15 is 0 Å². The molecule has 1 fully saturated rings. The van der Waals surface area contributed by atoms with E-state index in [1.54, 1.807) is 6.92 Å². The van der Waals surface area contributed by atoms with Crippen molar-refractivity contribution in [3.05, 3.63) is 59.4 Å². The van der Waals surface area contributed by atoms with Crippen molar-refractivity contribution in [1.29, 1.82) is 0 Å². The predicted octanol–water partition coefficient (Wildman–Crippen LogP) is 3.97. The van der Waals surface area contributed by atoms with Crippen molar-refractivity contribution in [3.8, 4) is 5.75 Å². The molecule has 180 valence electrons. The summed E-state index contributed by atoms with van der Waals surface area (Å²) in [4.78, 5) is 21.8. The number of benzene rings is 2. The highest BCUT2D eigenvalue weighted by Crippen LogP contribution is 2.32. The number of hydrogen-bond acceptors (Lipinski definition) is 7. The standard InChI is InChI=1S/C25H29N3O5S/c1-16-11-17(2)14-28(13-16)34(30,31)24-12-19(9-10-23(24)32-4)25(29)33-15-22-18(3)26-20-7-5-6-8-21(20)27-22/h5-10,12,16-17H,11,13-15H2,1-4H3/t16-,17-/m0/s1. The van der Waals surface area contributed by atoms with Crippen molar-refractivity contribution in [2.75, 3.05) is 20.2 Å². The summed E-state index contributed by atoms with van der Waals surface area (Å²) in [7, 11) is -2.43.